The summed E-state index contributed by atoms with van der Waals surface area (Å²) in [4.78, 5) is 17.4. The van der Waals surface area contributed by atoms with Crippen LogP contribution in [-0.4, -0.2) is 48.1 Å². The standard InChI is InChI=1S/C21H46NO4P/c1-4-5-6-7-8-9-10-11-12-13-14-15-16-17-18-19-22(2,3)20-21-26-27(23,24)25/h4-21H2,1-3H3,(H-,23,24,25)/p+1. The van der Waals surface area contributed by atoms with E-state index < -0.39 is 7.82 Å². The van der Waals surface area contributed by atoms with Gasteiger partial charge in [0, 0.05) is 0 Å². The fourth-order valence-electron chi connectivity index (χ4n) is 3.43. The number of nitrogens with zero attached hydrogens (tertiary/aromatic N) is 1. The van der Waals surface area contributed by atoms with E-state index >= 15 is 0 Å². The van der Waals surface area contributed by atoms with E-state index in [1.165, 1.54) is 96.3 Å². The van der Waals surface area contributed by atoms with Crippen molar-refractivity contribution in [1.29, 1.82) is 0 Å². The van der Waals surface area contributed by atoms with Gasteiger partial charge in [-0.2, -0.15) is 0 Å². The highest BCUT2D eigenvalue weighted by Crippen LogP contribution is 2.35. The van der Waals surface area contributed by atoms with E-state index in [9.17, 15) is 4.57 Å². The van der Waals surface area contributed by atoms with Gasteiger partial charge in [0.25, 0.3) is 0 Å². The van der Waals surface area contributed by atoms with Gasteiger partial charge >= 0.3 is 7.82 Å². The van der Waals surface area contributed by atoms with E-state index in [-0.39, 0.29) is 6.61 Å². The van der Waals surface area contributed by atoms with E-state index in [0.29, 0.717) is 6.54 Å². The Morgan fingerprint density at radius 3 is 1.41 bits per heavy atom. The minimum atomic E-state index is -4.32. The molecule has 0 saturated carbocycles. The Kier molecular flexibility index (Phi) is 17.0. The minimum absolute atomic E-state index is 0.107. The summed E-state index contributed by atoms with van der Waals surface area (Å²) in [6, 6.07) is 0. The summed E-state index contributed by atoms with van der Waals surface area (Å²) in [5, 5.41) is 0. The van der Waals surface area contributed by atoms with E-state index in [4.69, 9.17) is 9.79 Å². The highest BCUT2D eigenvalue weighted by atomic mass is 31.2. The molecule has 0 aromatic heterocycles. The van der Waals surface area contributed by atoms with E-state index in [1.54, 1.807) is 0 Å². The van der Waals surface area contributed by atoms with E-state index in [0.717, 1.165) is 11.0 Å². The Hall–Kier alpha value is 0.0700. The Morgan fingerprint density at radius 1 is 0.667 bits per heavy atom. The second kappa shape index (κ2) is 17.0. The number of phosphoric ester groups is 1. The second-order valence-corrected chi connectivity index (χ2v) is 9.90. The van der Waals surface area contributed by atoms with Gasteiger partial charge in [-0.3, -0.25) is 4.52 Å². The lowest BCUT2D eigenvalue weighted by molar-refractivity contribution is -0.890. The SMILES string of the molecule is CCCCCCCCCCCCCCCCC[N+](C)(C)CCOP(=O)(O)O. The van der Waals surface area contributed by atoms with Gasteiger partial charge in [0.1, 0.15) is 13.2 Å². The van der Waals surface area contributed by atoms with Crippen molar-refractivity contribution >= 4 is 7.82 Å². The van der Waals surface area contributed by atoms with Gasteiger partial charge in [0.15, 0.2) is 0 Å². The zero-order valence-corrected chi connectivity index (χ0v) is 19.2. The van der Waals surface area contributed by atoms with Crippen molar-refractivity contribution in [3.8, 4) is 0 Å². The van der Waals surface area contributed by atoms with Gasteiger partial charge in [-0.15, -0.1) is 0 Å². The smallest absolute Gasteiger partial charge is 0.327 e. The summed E-state index contributed by atoms with van der Waals surface area (Å²) < 4.78 is 16.0. The molecule has 0 bridgehead atoms. The van der Waals surface area contributed by atoms with Gasteiger partial charge < -0.3 is 14.3 Å². The van der Waals surface area contributed by atoms with Gasteiger partial charge in [-0.05, 0) is 12.8 Å². The zero-order valence-electron chi connectivity index (χ0n) is 18.3. The summed E-state index contributed by atoms with van der Waals surface area (Å²) >= 11 is 0. The molecule has 0 atom stereocenters. The summed E-state index contributed by atoms with van der Waals surface area (Å²) in [6.45, 7) is 4.04. The molecular formula is C21H47NO4P+. The van der Waals surface area contributed by atoms with Crippen molar-refractivity contribution < 1.29 is 23.4 Å². The molecule has 5 nitrogen and oxygen atoms in total. The molecule has 164 valence electrons. The van der Waals surface area contributed by atoms with Gasteiger partial charge in [-0.1, -0.05) is 90.4 Å². The molecule has 0 fully saturated rings. The zero-order chi connectivity index (χ0) is 20.4. The van der Waals surface area contributed by atoms with Gasteiger partial charge in [0.05, 0.1) is 20.6 Å². The number of likely N-dealkylation sites (N-methyl/N-ethyl adjacent to an activating group) is 1. The molecule has 0 aromatic rings. The van der Waals surface area contributed by atoms with Crippen LogP contribution in [0.2, 0.25) is 0 Å². The molecule has 0 rings (SSSR count). The first-order chi connectivity index (χ1) is 12.8. The largest absolute Gasteiger partial charge is 0.469 e. The number of phosphoric acid groups is 1. The van der Waals surface area contributed by atoms with Crippen LogP contribution < -0.4 is 0 Å². The highest BCUT2D eigenvalue weighted by Gasteiger charge is 2.19. The molecule has 6 heteroatoms. The molecule has 0 saturated heterocycles. The number of rotatable bonds is 20. The fraction of sp³-hybridized carbons (Fsp3) is 1.00. The molecule has 0 aliphatic carbocycles. The van der Waals surface area contributed by atoms with Crippen LogP contribution in [0.5, 0.6) is 0 Å². The first-order valence-electron chi connectivity index (χ1n) is 11.3. The van der Waals surface area contributed by atoms with Crippen LogP contribution in [-0.2, 0) is 9.09 Å². The molecule has 0 aromatic carbocycles. The lowest BCUT2D eigenvalue weighted by Gasteiger charge is -2.29. The summed E-state index contributed by atoms with van der Waals surface area (Å²) in [6.07, 6.45) is 20.5. The molecule has 0 heterocycles. The van der Waals surface area contributed by atoms with Crippen LogP contribution in [0.3, 0.4) is 0 Å². The van der Waals surface area contributed by atoms with Crippen molar-refractivity contribution in [3.05, 3.63) is 0 Å². The third-order valence-electron chi connectivity index (χ3n) is 5.32. The maximum absolute atomic E-state index is 10.7. The quantitative estimate of drug-likeness (QED) is 0.146. The van der Waals surface area contributed by atoms with Crippen molar-refractivity contribution in [3.63, 3.8) is 0 Å². The Morgan fingerprint density at radius 2 is 1.04 bits per heavy atom. The van der Waals surface area contributed by atoms with Crippen molar-refractivity contribution in [2.75, 3.05) is 33.8 Å². The predicted octanol–water partition coefficient (Wildman–Crippen LogP) is 6.04. The predicted molar refractivity (Wildman–Crippen MR) is 115 cm³/mol. The molecular weight excluding hydrogens is 361 g/mol. The number of quaternary nitrogens is 1. The van der Waals surface area contributed by atoms with Gasteiger partial charge in [-0.25, -0.2) is 4.57 Å². The first-order valence-corrected chi connectivity index (χ1v) is 12.8. The molecule has 0 radical (unpaired) electrons. The van der Waals surface area contributed by atoms with E-state index in [2.05, 4.69) is 25.5 Å². The fourth-order valence-corrected chi connectivity index (χ4v) is 3.75. The molecule has 0 amide bonds. The highest BCUT2D eigenvalue weighted by molar-refractivity contribution is 7.46. The lowest BCUT2D eigenvalue weighted by atomic mass is 10.0. The van der Waals surface area contributed by atoms with Crippen molar-refractivity contribution in [2.24, 2.45) is 0 Å². The average molecular weight is 409 g/mol. The normalized spacial score (nSPS) is 12.6. The Balaban J connectivity index is 3.31. The summed E-state index contributed by atoms with van der Waals surface area (Å²) in [5.74, 6) is 0. The molecule has 27 heavy (non-hydrogen) atoms. The van der Waals surface area contributed by atoms with Crippen LogP contribution >= 0.6 is 7.82 Å². The maximum Gasteiger partial charge on any atom is 0.469 e. The summed E-state index contributed by atoms with van der Waals surface area (Å²) in [5.41, 5.74) is 0. The molecule has 0 spiro atoms. The summed E-state index contributed by atoms with van der Waals surface area (Å²) in [7, 11) is -0.144. The number of unbranched alkanes of at least 4 members (excludes halogenated alkanes) is 14. The van der Waals surface area contributed by atoms with Crippen molar-refractivity contribution in [2.45, 2.75) is 103 Å². The van der Waals surface area contributed by atoms with Crippen molar-refractivity contribution in [1.82, 2.24) is 0 Å². The van der Waals surface area contributed by atoms with Crippen LogP contribution in [0, 0.1) is 0 Å². The number of hydrogen-bond acceptors (Lipinski definition) is 2. The number of hydrogen-bond donors (Lipinski definition) is 2. The third kappa shape index (κ3) is 22.2. The third-order valence-corrected chi connectivity index (χ3v) is 5.84. The Labute approximate surface area is 168 Å². The molecule has 0 unspecified atom stereocenters. The molecule has 2 N–H and O–H groups in total. The maximum atomic E-state index is 10.7. The lowest BCUT2D eigenvalue weighted by Crippen LogP contribution is -2.42. The van der Waals surface area contributed by atoms with E-state index in [1.807, 2.05) is 0 Å². The monoisotopic (exact) mass is 408 g/mol. The topological polar surface area (TPSA) is 66.8 Å². The molecule has 0 aliphatic heterocycles. The van der Waals surface area contributed by atoms with Crippen LogP contribution in [0.25, 0.3) is 0 Å². The first kappa shape index (κ1) is 27.1. The average Bonchev–Trinajstić information content (AvgIpc) is 2.57. The van der Waals surface area contributed by atoms with Gasteiger partial charge in [0.2, 0.25) is 0 Å². The van der Waals surface area contributed by atoms with Crippen LogP contribution in [0.1, 0.15) is 103 Å². The van der Waals surface area contributed by atoms with Crippen LogP contribution in [0.15, 0.2) is 0 Å². The Bertz CT molecular complexity index is 371. The molecule has 0 aliphatic rings. The second-order valence-electron chi connectivity index (χ2n) is 8.66. The minimum Gasteiger partial charge on any atom is -0.327 e. The van der Waals surface area contributed by atoms with Crippen LogP contribution in [0.4, 0.5) is 0 Å².